The van der Waals surface area contributed by atoms with E-state index in [4.69, 9.17) is 14.4 Å². The molecule has 28 heavy (non-hydrogen) atoms. The van der Waals surface area contributed by atoms with Gasteiger partial charge in [0.2, 0.25) is 0 Å². The summed E-state index contributed by atoms with van der Waals surface area (Å²) in [7, 11) is 0. The first-order valence-electron chi connectivity index (χ1n) is 9.27. The number of nitrogens with one attached hydrogen (secondary N) is 1. The van der Waals surface area contributed by atoms with Crippen molar-refractivity contribution < 1.29 is 13.9 Å². The van der Waals surface area contributed by atoms with E-state index < -0.39 is 17.3 Å². The number of carbonyl (C=O) groups is 1. The fourth-order valence-corrected chi connectivity index (χ4v) is 2.97. The van der Waals surface area contributed by atoms with E-state index in [-0.39, 0.29) is 12.1 Å². The topological polar surface area (TPSA) is 108 Å². The zero-order chi connectivity index (χ0) is 20.5. The van der Waals surface area contributed by atoms with Crippen LogP contribution in [-0.2, 0) is 4.74 Å². The van der Waals surface area contributed by atoms with Crippen molar-refractivity contribution in [2.24, 2.45) is 0 Å². The van der Waals surface area contributed by atoms with Gasteiger partial charge in [0.05, 0.1) is 23.4 Å². The van der Waals surface area contributed by atoms with Gasteiger partial charge in [-0.2, -0.15) is 10.2 Å². The van der Waals surface area contributed by atoms with Gasteiger partial charge in [0.1, 0.15) is 5.60 Å². The van der Waals surface area contributed by atoms with Crippen molar-refractivity contribution in [3.05, 3.63) is 28.1 Å². The van der Waals surface area contributed by atoms with Gasteiger partial charge in [-0.25, -0.2) is 9.59 Å². The Kier molecular flexibility index (Phi) is 5.27. The Balaban J connectivity index is 1.93. The minimum absolute atomic E-state index is 0.238. The number of carbonyl (C=O) groups excluding carboxylic acids is 1. The highest BCUT2D eigenvalue weighted by Gasteiger charge is 2.32. The summed E-state index contributed by atoms with van der Waals surface area (Å²) in [5.41, 5.74) is 0.368. The molecule has 1 aliphatic rings. The average Bonchev–Trinajstić information content (AvgIpc) is 3.41. The van der Waals surface area contributed by atoms with Gasteiger partial charge in [-0.05, 0) is 58.2 Å². The van der Waals surface area contributed by atoms with Gasteiger partial charge in [-0.15, -0.1) is 0 Å². The number of benzene rings is 1. The van der Waals surface area contributed by atoms with Crippen molar-refractivity contribution >= 4 is 28.7 Å². The largest absolute Gasteiger partial charge is 0.444 e. The molecule has 1 amide bonds. The SMILES string of the molecule is Cc1c(NC(=O)OC(C)(C)C)ccc2nc(N(CCC#N)C3CC3)oc(=O)c12. The van der Waals surface area contributed by atoms with E-state index in [0.717, 1.165) is 12.8 Å². The van der Waals surface area contributed by atoms with E-state index in [1.807, 2.05) is 4.90 Å². The second-order valence-electron chi connectivity index (χ2n) is 7.88. The van der Waals surface area contributed by atoms with Gasteiger partial charge >= 0.3 is 17.7 Å². The first kappa shape index (κ1) is 19.7. The number of rotatable bonds is 5. The van der Waals surface area contributed by atoms with Crippen molar-refractivity contribution in [1.29, 1.82) is 5.26 Å². The van der Waals surface area contributed by atoms with Crippen LogP contribution < -0.4 is 15.8 Å². The fraction of sp³-hybridized carbons (Fsp3) is 0.500. The predicted octanol–water partition coefficient (Wildman–Crippen LogP) is 3.73. The van der Waals surface area contributed by atoms with Gasteiger partial charge in [-0.3, -0.25) is 5.32 Å². The summed E-state index contributed by atoms with van der Waals surface area (Å²) in [6, 6.07) is 5.97. The van der Waals surface area contributed by atoms with E-state index in [9.17, 15) is 9.59 Å². The molecule has 0 atom stereocenters. The van der Waals surface area contributed by atoms with Crippen molar-refractivity contribution in [2.75, 3.05) is 16.8 Å². The summed E-state index contributed by atoms with van der Waals surface area (Å²) < 4.78 is 10.7. The molecule has 1 aliphatic carbocycles. The van der Waals surface area contributed by atoms with Crippen LogP contribution in [0.5, 0.6) is 0 Å². The van der Waals surface area contributed by atoms with Gasteiger partial charge in [0, 0.05) is 18.3 Å². The summed E-state index contributed by atoms with van der Waals surface area (Å²) in [6.07, 6.45) is 1.72. The zero-order valence-electron chi connectivity index (χ0n) is 16.5. The molecule has 148 valence electrons. The molecule has 0 spiro atoms. The number of aromatic nitrogens is 1. The van der Waals surface area contributed by atoms with Gasteiger partial charge in [0.15, 0.2) is 0 Å². The van der Waals surface area contributed by atoms with Crippen LogP contribution in [0.2, 0.25) is 0 Å². The molecule has 0 radical (unpaired) electrons. The average molecular weight is 384 g/mol. The lowest BCUT2D eigenvalue weighted by Crippen LogP contribution is -2.29. The van der Waals surface area contributed by atoms with Crippen LogP contribution in [0.1, 0.15) is 45.6 Å². The summed E-state index contributed by atoms with van der Waals surface area (Å²) in [5, 5.41) is 11.8. The lowest BCUT2D eigenvalue weighted by Gasteiger charge is -2.21. The minimum atomic E-state index is -0.625. The Morgan fingerprint density at radius 2 is 2.14 bits per heavy atom. The van der Waals surface area contributed by atoms with Crippen molar-refractivity contribution in [3.8, 4) is 6.07 Å². The molecule has 0 unspecified atom stereocenters. The van der Waals surface area contributed by atoms with E-state index in [1.54, 1.807) is 39.8 Å². The molecule has 1 N–H and O–H groups in total. The highest BCUT2D eigenvalue weighted by molar-refractivity contribution is 5.93. The first-order chi connectivity index (χ1) is 13.2. The van der Waals surface area contributed by atoms with Crippen LogP contribution >= 0.6 is 0 Å². The van der Waals surface area contributed by atoms with Gasteiger partial charge < -0.3 is 14.1 Å². The third kappa shape index (κ3) is 4.42. The van der Waals surface area contributed by atoms with Crippen LogP contribution in [-0.4, -0.2) is 29.3 Å². The number of nitriles is 1. The molecule has 8 heteroatoms. The number of nitrogens with zero attached hydrogens (tertiary/aromatic N) is 3. The molecule has 3 rings (SSSR count). The van der Waals surface area contributed by atoms with Crippen LogP contribution in [0.3, 0.4) is 0 Å². The molecule has 2 aromatic rings. The monoisotopic (exact) mass is 384 g/mol. The number of anilines is 2. The highest BCUT2D eigenvalue weighted by atomic mass is 16.6. The predicted molar refractivity (Wildman–Crippen MR) is 105 cm³/mol. The Morgan fingerprint density at radius 1 is 1.43 bits per heavy atom. The normalized spacial score (nSPS) is 13.8. The first-order valence-corrected chi connectivity index (χ1v) is 9.27. The summed E-state index contributed by atoms with van der Waals surface area (Å²) >= 11 is 0. The second-order valence-corrected chi connectivity index (χ2v) is 7.88. The minimum Gasteiger partial charge on any atom is -0.444 e. The molecule has 1 aromatic carbocycles. The van der Waals surface area contributed by atoms with E-state index in [1.165, 1.54) is 0 Å². The molecule has 0 bridgehead atoms. The van der Waals surface area contributed by atoms with Crippen LogP contribution in [0.4, 0.5) is 16.5 Å². The third-order valence-electron chi connectivity index (χ3n) is 4.38. The number of ether oxygens (including phenoxy) is 1. The van der Waals surface area contributed by atoms with Crippen molar-refractivity contribution in [2.45, 2.75) is 58.6 Å². The molecule has 1 heterocycles. The zero-order valence-corrected chi connectivity index (χ0v) is 16.5. The molecule has 0 aliphatic heterocycles. The molecule has 1 fully saturated rings. The number of amides is 1. The van der Waals surface area contributed by atoms with E-state index in [0.29, 0.717) is 35.1 Å². The smallest absolute Gasteiger partial charge is 0.412 e. The second kappa shape index (κ2) is 7.50. The number of hydrogen-bond acceptors (Lipinski definition) is 7. The van der Waals surface area contributed by atoms with Crippen molar-refractivity contribution in [1.82, 2.24) is 4.98 Å². The van der Waals surface area contributed by atoms with Crippen molar-refractivity contribution in [3.63, 3.8) is 0 Å². The molecular weight excluding hydrogens is 360 g/mol. The van der Waals surface area contributed by atoms with Gasteiger partial charge in [-0.1, -0.05) is 0 Å². The van der Waals surface area contributed by atoms with Crippen LogP contribution in [0.15, 0.2) is 21.3 Å². The van der Waals surface area contributed by atoms with E-state index in [2.05, 4.69) is 16.4 Å². The summed E-state index contributed by atoms with van der Waals surface area (Å²) in [6.45, 7) is 7.52. The molecular formula is C20H24N4O4. The fourth-order valence-electron chi connectivity index (χ4n) is 2.97. The number of aryl methyl sites for hydroxylation is 1. The Bertz CT molecular complexity index is 996. The quantitative estimate of drug-likeness (QED) is 0.836. The number of fused-ring (bicyclic) bond motifs is 1. The lowest BCUT2D eigenvalue weighted by molar-refractivity contribution is 0.0636. The maximum absolute atomic E-state index is 12.7. The highest BCUT2D eigenvalue weighted by Crippen LogP contribution is 2.31. The molecule has 1 saturated carbocycles. The molecule has 8 nitrogen and oxygen atoms in total. The lowest BCUT2D eigenvalue weighted by atomic mass is 10.1. The maximum atomic E-state index is 12.7. The standard InChI is InChI=1S/C20H24N4O4/c1-12-14(23-19(26)28-20(2,3)4)8-9-15-16(12)17(25)27-18(22-15)24(11-5-10-21)13-6-7-13/h8-9,13H,5-7,11H2,1-4H3,(H,23,26). The molecule has 0 saturated heterocycles. The Morgan fingerprint density at radius 3 is 2.75 bits per heavy atom. The van der Waals surface area contributed by atoms with Crippen LogP contribution in [0, 0.1) is 18.3 Å². The summed E-state index contributed by atoms with van der Waals surface area (Å²) in [4.78, 5) is 31.1. The third-order valence-corrected chi connectivity index (χ3v) is 4.38. The summed E-state index contributed by atoms with van der Waals surface area (Å²) in [5.74, 6) is 0. The maximum Gasteiger partial charge on any atom is 0.412 e. The van der Waals surface area contributed by atoms with Gasteiger partial charge in [0.25, 0.3) is 0 Å². The molecule has 1 aromatic heterocycles. The Labute approximate surface area is 163 Å². The Hall–Kier alpha value is -3.08. The number of hydrogen-bond donors (Lipinski definition) is 1. The van der Waals surface area contributed by atoms with E-state index >= 15 is 0 Å². The van der Waals surface area contributed by atoms with Crippen LogP contribution in [0.25, 0.3) is 10.9 Å².